The SMILES string of the molecule is CC(c1ccccc1)n1c(C2CCN(Cc3ccc4c(-c5cccc(F)c5)cn(C)c4c3)CC2)nc2ccccc21. The second kappa shape index (κ2) is 10.6. The lowest BCUT2D eigenvalue weighted by molar-refractivity contribution is 0.200. The topological polar surface area (TPSA) is 26.0 Å². The Morgan fingerprint density at radius 1 is 0.854 bits per heavy atom. The Bertz CT molecular complexity index is 1830. The van der Waals surface area contributed by atoms with Gasteiger partial charge < -0.3 is 9.13 Å². The van der Waals surface area contributed by atoms with Crippen molar-refractivity contribution in [2.45, 2.75) is 38.3 Å². The van der Waals surface area contributed by atoms with E-state index in [1.54, 1.807) is 12.1 Å². The van der Waals surface area contributed by atoms with E-state index in [2.05, 4.69) is 107 Å². The molecule has 1 unspecified atom stereocenters. The quantitative estimate of drug-likeness (QED) is 0.211. The van der Waals surface area contributed by atoms with Gasteiger partial charge in [-0.2, -0.15) is 0 Å². The van der Waals surface area contributed by atoms with Gasteiger partial charge in [-0.15, -0.1) is 0 Å². The van der Waals surface area contributed by atoms with Gasteiger partial charge in [-0.3, -0.25) is 4.90 Å². The number of piperidine rings is 1. The van der Waals surface area contributed by atoms with Gasteiger partial charge in [-0.05, 0) is 79.9 Å². The summed E-state index contributed by atoms with van der Waals surface area (Å²) in [7, 11) is 2.07. The number of fused-ring (bicyclic) bond motifs is 2. The largest absolute Gasteiger partial charge is 0.350 e. The molecule has 2 aromatic heterocycles. The highest BCUT2D eigenvalue weighted by atomic mass is 19.1. The lowest BCUT2D eigenvalue weighted by atomic mass is 9.94. The highest BCUT2D eigenvalue weighted by Gasteiger charge is 2.27. The van der Waals surface area contributed by atoms with Gasteiger partial charge in [0.2, 0.25) is 0 Å². The van der Waals surface area contributed by atoms with E-state index in [4.69, 9.17) is 4.98 Å². The molecule has 0 saturated carbocycles. The summed E-state index contributed by atoms with van der Waals surface area (Å²) < 4.78 is 18.5. The van der Waals surface area contributed by atoms with Crippen LogP contribution in [0.4, 0.5) is 4.39 Å². The normalized spacial score (nSPS) is 15.6. The summed E-state index contributed by atoms with van der Waals surface area (Å²) in [5.74, 6) is 1.45. The second-order valence-electron chi connectivity index (χ2n) is 11.5. The van der Waals surface area contributed by atoms with Crippen LogP contribution in [0.15, 0.2) is 103 Å². The molecule has 1 atom stereocenters. The zero-order valence-electron chi connectivity index (χ0n) is 23.7. The average molecular weight is 543 g/mol. The van der Waals surface area contributed by atoms with Gasteiger partial charge in [-0.1, -0.05) is 66.7 Å². The number of hydrogen-bond acceptors (Lipinski definition) is 2. The Labute approximate surface area is 240 Å². The number of aryl methyl sites for hydroxylation is 1. The molecule has 0 N–H and O–H groups in total. The second-order valence-corrected chi connectivity index (χ2v) is 11.5. The lowest BCUT2D eigenvalue weighted by Crippen LogP contribution is -2.33. The smallest absolute Gasteiger partial charge is 0.123 e. The Balaban J connectivity index is 1.10. The summed E-state index contributed by atoms with van der Waals surface area (Å²) in [4.78, 5) is 7.76. The minimum atomic E-state index is -0.204. The van der Waals surface area contributed by atoms with Crippen LogP contribution in [0.3, 0.4) is 0 Å². The highest BCUT2D eigenvalue weighted by molar-refractivity contribution is 5.96. The maximum absolute atomic E-state index is 13.9. The molecule has 0 aliphatic carbocycles. The maximum atomic E-state index is 13.9. The van der Waals surface area contributed by atoms with Gasteiger partial charge in [0.15, 0.2) is 0 Å². The molecule has 5 heteroatoms. The van der Waals surface area contributed by atoms with E-state index in [1.807, 2.05) is 6.07 Å². The molecule has 0 amide bonds. The zero-order valence-corrected chi connectivity index (χ0v) is 23.7. The molecular weight excluding hydrogens is 507 g/mol. The fraction of sp³-hybridized carbons (Fsp3) is 0.250. The fourth-order valence-corrected chi connectivity index (χ4v) is 6.66. The monoisotopic (exact) mass is 542 g/mol. The molecule has 7 rings (SSSR count). The number of nitrogens with zero attached hydrogens (tertiary/aromatic N) is 4. The first kappa shape index (κ1) is 25.7. The van der Waals surface area contributed by atoms with Crippen LogP contribution in [0.1, 0.15) is 48.7 Å². The minimum Gasteiger partial charge on any atom is -0.350 e. The molecule has 0 bridgehead atoms. The third kappa shape index (κ3) is 4.85. The number of rotatable bonds is 6. The Morgan fingerprint density at radius 3 is 2.44 bits per heavy atom. The highest BCUT2D eigenvalue weighted by Crippen LogP contribution is 2.35. The summed E-state index contributed by atoms with van der Waals surface area (Å²) in [6.45, 7) is 5.32. The van der Waals surface area contributed by atoms with Crippen LogP contribution in [-0.2, 0) is 13.6 Å². The molecule has 1 saturated heterocycles. The lowest BCUT2D eigenvalue weighted by Gasteiger charge is -2.32. The predicted octanol–water partition coefficient (Wildman–Crippen LogP) is 8.32. The van der Waals surface area contributed by atoms with Gasteiger partial charge >= 0.3 is 0 Å². The molecule has 1 aliphatic heterocycles. The summed E-state index contributed by atoms with van der Waals surface area (Å²) in [6, 6.07) is 33.1. The summed E-state index contributed by atoms with van der Waals surface area (Å²) in [5.41, 5.74) is 8.09. The minimum absolute atomic E-state index is 0.204. The number of para-hydroxylation sites is 2. The van der Waals surface area contributed by atoms with E-state index in [0.29, 0.717) is 5.92 Å². The van der Waals surface area contributed by atoms with Crippen LogP contribution in [-0.4, -0.2) is 32.1 Å². The Kier molecular flexibility index (Phi) is 6.68. The van der Waals surface area contributed by atoms with Crippen LogP contribution in [0.2, 0.25) is 0 Å². The van der Waals surface area contributed by atoms with Crippen molar-refractivity contribution in [3.8, 4) is 11.1 Å². The van der Waals surface area contributed by atoms with Gasteiger partial charge in [-0.25, -0.2) is 9.37 Å². The van der Waals surface area contributed by atoms with Crippen molar-refractivity contribution in [2.75, 3.05) is 13.1 Å². The molecule has 1 aliphatic rings. The first-order chi connectivity index (χ1) is 20.0. The molecule has 206 valence electrons. The van der Waals surface area contributed by atoms with Crippen molar-refractivity contribution in [2.24, 2.45) is 7.05 Å². The first-order valence-corrected chi connectivity index (χ1v) is 14.6. The number of imidazole rings is 1. The summed E-state index contributed by atoms with van der Waals surface area (Å²) in [5, 5.41) is 1.16. The molecule has 1 fully saturated rings. The fourth-order valence-electron chi connectivity index (χ4n) is 6.66. The van der Waals surface area contributed by atoms with Gasteiger partial charge in [0.05, 0.1) is 17.1 Å². The zero-order chi connectivity index (χ0) is 27.9. The van der Waals surface area contributed by atoms with Crippen LogP contribution >= 0.6 is 0 Å². The van der Waals surface area contributed by atoms with Crippen molar-refractivity contribution in [3.63, 3.8) is 0 Å². The van der Waals surface area contributed by atoms with Crippen molar-refractivity contribution in [1.29, 1.82) is 0 Å². The van der Waals surface area contributed by atoms with Gasteiger partial charge in [0.25, 0.3) is 0 Å². The molecule has 0 spiro atoms. The van der Waals surface area contributed by atoms with Crippen molar-refractivity contribution in [1.82, 2.24) is 19.0 Å². The molecule has 41 heavy (non-hydrogen) atoms. The molecule has 0 radical (unpaired) electrons. The maximum Gasteiger partial charge on any atom is 0.123 e. The molecule has 4 aromatic carbocycles. The Morgan fingerprint density at radius 2 is 1.63 bits per heavy atom. The summed E-state index contributed by atoms with van der Waals surface area (Å²) in [6.07, 6.45) is 4.30. The van der Waals surface area contributed by atoms with E-state index in [1.165, 1.54) is 34.1 Å². The molecular formula is C36H35FN4. The number of benzene rings is 4. The van der Waals surface area contributed by atoms with Crippen LogP contribution in [0, 0.1) is 5.82 Å². The molecule has 4 nitrogen and oxygen atoms in total. The van der Waals surface area contributed by atoms with Crippen LogP contribution < -0.4 is 0 Å². The molecule has 3 heterocycles. The molecule has 6 aromatic rings. The van der Waals surface area contributed by atoms with E-state index < -0.39 is 0 Å². The van der Waals surface area contributed by atoms with Crippen molar-refractivity contribution in [3.05, 3.63) is 126 Å². The van der Waals surface area contributed by atoms with Crippen molar-refractivity contribution >= 4 is 21.9 Å². The van der Waals surface area contributed by atoms with Gasteiger partial charge in [0.1, 0.15) is 11.6 Å². The van der Waals surface area contributed by atoms with Gasteiger partial charge in [0, 0.05) is 42.2 Å². The first-order valence-electron chi connectivity index (χ1n) is 14.6. The average Bonchev–Trinajstić information content (AvgIpc) is 3.55. The number of likely N-dealkylation sites (tertiary alicyclic amines) is 1. The predicted molar refractivity (Wildman–Crippen MR) is 166 cm³/mol. The summed E-state index contributed by atoms with van der Waals surface area (Å²) >= 11 is 0. The van der Waals surface area contributed by atoms with E-state index in [-0.39, 0.29) is 11.9 Å². The van der Waals surface area contributed by atoms with E-state index in [0.717, 1.165) is 54.5 Å². The number of hydrogen-bond donors (Lipinski definition) is 0. The van der Waals surface area contributed by atoms with Crippen LogP contribution in [0.25, 0.3) is 33.1 Å². The standard InChI is InChI=1S/C36H35FN4/c1-25(27-9-4-3-5-10-27)41-34-14-7-6-13-33(34)38-36(41)28-17-19-40(20-18-28)23-26-15-16-31-32(24-39(2)35(31)21-26)29-11-8-12-30(37)22-29/h3-16,21-22,24-25,28H,17-20,23H2,1-2H3. The van der Waals surface area contributed by atoms with Crippen molar-refractivity contribution < 1.29 is 4.39 Å². The third-order valence-corrected chi connectivity index (χ3v) is 8.84. The number of halogens is 1. The Hall–Kier alpha value is -4.22. The number of aromatic nitrogens is 3. The third-order valence-electron chi connectivity index (χ3n) is 8.84. The van der Waals surface area contributed by atoms with E-state index >= 15 is 0 Å². The van der Waals surface area contributed by atoms with Crippen LogP contribution in [0.5, 0.6) is 0 Å². The van der Waals surface area contributed by atoms with E-state index in [9.17, 15) is 4.39 Å².